The summed E-state index contributed by atoms with van der Waals surface area (Å²) in [5.74, 6) is -0.0666. The Labute approximate surface area is 88.4 Å². The molecule has 1 rings (SSSR count). The summed E-state index contributed by atoms with van der Waals surface area (Å²) in [5, 5.41) is 9.09. The highest BCUT2D eigenvalue weighted by atomic mass is 16.5. The smallest absolute Gasteiger partial charge is 0.341 e. The first-order valence-electron chi connectivity index (χ1n) is 4.68. The second-order valence-corrected chi connectivity index (χ2v) is 2.88. The Balaban J connectivity index is 3.18. The molecule has 0 aromatic heterocycles. The Morgan fingerprint density at radius 3 is 2.73 bits per heavy atom. The van der Waals surface area contributed by atoms with Gasteiger partial charge in [0.1, 0.15) is 11.3 Å². The van der Waals surface area contributed by atoms with E-state index in [1.54, 1.807) is 18.2 Å². The molecule has 1 aromatic rings. The largest absolute Gasteiger partial charge is 0.493 e. The van der Waals surface area contributed by atoms with Gasteiger partial charge in [-0.05, 0) is 13.0 Å². The summed E-state index contributed by atoms with van der Waals surface area (Å²) < 4.78 is 9.94. The molecule has 0 aliphatic heterocycles. The standard InChI is InChI=1S/C11H14O4/c1-3-15-10-8(7-12)5-4-6-9(10)11(13)14-2/h4-6,12H,3,7H2,1-2H3. The first-order chi connectivity index (χ1) is 7.24. The molecule has 4 heteroatoms. The fourth-order valence-corrected chi connectivity index (χ4v) is 1.29. The van der Waals surface area contributed by atoms with Crippen molar-refractivity contribution in [1.29, 1.82) is 0 Å². The molecule has 1 aromatic carbocycles. The second kappa shape index (κ2) is 5.36. The fraction of sp³-hybridized carbons (Fsp3) is 0.364. The van der Waals surface area contributed by atoms with Crippen LogP contribution in [-0.2, 0) is 11.3 Å². The van der Waals surface area contributed by atoms with E-state index < -0.39 is 5.97 Å². The van der Waals surface area contributed by atoms with E-state index in [0.717, 1.165) is 0 Å². The summed E-state index contributed by atoms with van der Waals surface area (Å²) in [5.41, 5.74) is 0.922. The molecule has 0 fully saturated rings. The van der Waals surface area contributed by atoms with Crippen LogP contribution in [0.4, 0.5) is 0 Å². The summed E-state index contributed by atoms with van der Waals surface area (Å²) in [7, 11) is 1.31. The minimum absolute atomic E-state index is 0.167. The molecule has 0 spiro atoms. The van der Waals surface area contributed by atoms with Crippen molar-refractivity contribution < 1.29 is 19.4 Å². The average molecular weight is 210 g/mol. The molecule has 15 heavy (non-hydrogen) atoms. The maximum atomic E-state index is 11.4. The zero-order chi connectivity index (χ0) is 11.3. The van der Waals surface area contributed by atoms with Gasteiger partial charge in [-0.2, -0.15) is 0 Å². The SMILES string of the molecule is CCOc1c(CO)cccc1C(=O)OC. The van der Waals surface area contributed by atoms with Crippen LogP contribution in [0.5, 0.6) is 5.75 Å². The van der Waals surface area contributed by atoms with Gasteiger partial charge in [0.25, 0.3) is 0 Å². The second-order valence-electron chi connectivity index (χ2n) is 2.88. The molecule has 0 radical (unpaired) electrons. The number of carbonyl (C=O) groups is 1. The van der Waals surface area contributed by atoms with Gasteiger partial charge in [-0.1, -0.05) is 12.1 Å². The Kier molecular flexibility index (Phi) is 4.12. The predicted octanol–water partition coefficient (Wildman–Crippen LogP) is 1.36. The molecule has 0 aliphatic carbocycles. The number of rotatable bonds is 4. The van der Waals surface area contributed by atoms with Crippen LogP contribution in [0.25, 0.3) is 0 Å². The highest BCUT2D eigenvalue weighted by Crippen LogP contribution is 2.24. The lowest BCUT2D eigenvalue weighted by atomic mass is 10.1. The molecule has 0 saturated heterocycles. The number of methoxy groups -OCH3 is 1. The van der Waals surface area contributed by atoms with Crippen molar-refractivity contribution in [2.45, 2.75) is 13.5 Å². The number of para-hydroxylation sites is 1. The predicted molar refractivity (Wildman–Crippen MR) is 54.9 cm³/mol. The van der Waals surface area contributed by atoms with Crippen molar-refractivity contribution in [3.8, 4) is 5.75 Å². The minimum atomic E-state index is -0.464. The van der Waals surface area contributed by atoms with Crippen molar-refractivity contribution in [2.75, 3.05) is 13.7 Å². The number of ether oxygens (including phenoxy) is 2. The fourth-order valence-electron chi connectivity index (χ4n) is 1.29. The minimum Gasteiger partial charge on any atom is -0.493 e. The third-order valence-corrected chi connectivity index (χ3v) is 1.96. The number of carbonyl (C=O) groups excluding carboxylic acids is 1. The maximum Gasteiger partial charge on any atom is 0.341 e. The number of aliphatic hydroxyl groups is 1. The van der Waals surface area contributed by atoms with Crippen molar-refractivity contribution >= 4 is 5.97 Å². The lowest BCUT2D eigenvalue weighted by Crippen LogP contribution is -2.07. The molecular weight excluding hydrogens is 196 g/mol. The van der Waals surface area contributed by atoms with Gasteiger partial charge in [0.05, 0.1) is 20.3 Å². The number of hydrogen-bond acceptors (Lipinski definition) is 4. The van der Waals surface area contributed by atoms with Crippen molar-refractivity contribution in [1.82, 2.24) is 0 Å². The number of aliphatic hydroxyl groups excluding tert-OH is 1. The van der Waals surface area contributed by atoms with Crippen molar-refractivity contribution in [3.63, 3.8) is 0 Å². The Bertz CT molecular complexity index is 346. The molecule has 0 unspecified atom stereocenters. The zero-order valence-corrected chi connectivity index (χ0v) is 8.82. The van der Waals surface area contributed by atoms with Gasteiger partial charge in [0.15, 0.2) is 0 Å². The molecule has 1 N–H and O–H groups in total. The van der Waals surface area contributed by atoms with Crippen molar-refractivity contribution in [2.24, 2.45) is 0 Å². The summed E-state index contributed by atoms with van der Waals surface area (Å²) in [6.45, 7) is 2.08. The normalized spacial score (nSPS) is 9.80. The van der Waals surface area contributed by atoms with Gasteiger partial charge in [0.2, 0.25) is 0 Å². The summed E-state index contributed by atoms with van der Waals surface area (Å²) >= 11 is 0. The zero-order valence-electron chi connectivity index (χ0n) is 8.82. The molecule has 0 amide bonds. The van der Waals surface area contributed by atoms with Crippen LogP contribution in [0, 0.1) is 0 Å². The quantitative estimate of drug-likeness (QED) is 0.762. The van der Waals surface area contributed by atoms with E-state index in [4.69, 9.17) is 9.84 Å². The van der Waals surface area contributed by atoms with E-state index in [2.05, 4.69) is 4.74 Å². The summed E-state index contributed by atoms with van der Waals surface area (Å²) in [6.07, 6.45) is 0. The Hall–Kier alpha value is -1.55. The molecule has 0 aliphatic rings. The van der Waals surface area contributed by atoms with Crippen LogP contribution in [0.2, 0.25) is 0 Å². The summed E-state index contributed by atoms with van der Waals surface area (Å²) in [4.78, 5) is 11.4. The van der Waals surface area contributed by atoms with Crippen LogP contribution in [0.15, 0.2) is 18.2 Å². The van der Waals surface area contributed by atoms with Gasteiger partial charge in [-0.3, -0.25) is 0 Å². The molecule has 0 heterocycles. The average Bonchev–Trinajstić information content (AvgIpc) is 2.28. The Morgan fingerprint density at radius 1 is 1.47 bits per heavy atom. The monoisotopic (exact) mass is 210 g/mol. The van der Waals surface area contributed by atoms with Gasteiger partial charge in [-0.25, -0.2) is 4.79 Å². The van der Waals surface area contributed by atoms with E-state index in [1.165, 1.54) is 7.11 Å². The van der Waals surface area contributed by atoms with Gasteiger partial charge >= 0.3 is 5.97 Å². The Morgan fingerprint density at radius 2 is 2.20 bits per heavy atom. The van der Waals surface area contributed by atoms with Crippen LogP contribution >= 0.6 is 0 Å². The molecule has 0 bridgehead atoms. The van der Waals surface area contributed by atoms with E-state index in [0.29, 0.717) is 23.5 Å². The van der Waals surface area contributed by atoms with Crippen molar-refractivity contribution in [3.05, 3.63) is 29.3 Å². The topological polar surface area (TPSA) is 55.8 Å². The van der Waals surface area contributed by atoms with Crippen LogP contribution in [0.3, 0.4) is 0 Å². The van der Waals surface area contributed by atoms with Gasteiger partial charge in [-0.15, -0.1) is 0 Å². The number of hydrogen-bond donors (Lipinski definition) is 1. The van der Waals surface area contributed by atoms with E-state index in [-0.39, 0.29) is 6.61 Å². The van der Waals surface area contributed by atoms with Crippen LogP contribution in [-0.4, -0.2) is 24.8 Å². The molecule has 0 saturated carbocycles. The van der Waals surface area contributed by atoms with Crippen LogP contribution in [0.1, 0.15) is 22.8 Å². The highest BCUT2D eigenvalue weighted by molar-refractivity contribution is 5.92. The van der Waals surface area contributed by atoms with E-state index in [9.17, 15) is 4.79 Å². The van der Waals surface area contributed by atoms with Gasteiger partial charge < -0.3 is 14.6 Å². The number of esters is 1. The maximum absolute atomic E-state index is 11.4. The molecule has 0 atom stereocenters. The third-order valence-electron chi connectivity index (χ3n) is 1.96. The number of benzene rings is 1. The molecular formula is C11H14O4. The molecule has 82 valence electrons. The first kappa shape index (κ1) is 11.5. The van der Waals surface area contributed by atoms with E-state index in [1.807, 2.05) is 6.92 Å². The highest BCUT2D eigenvalue weighted by Gasteiger charge is 2.15. The first-order valence-corrected chi connectivity index (χ1v) is 4.68. The van der Waals surface area contributed by atoms with E-state index >= 15 is 0 Å². The van der Waals surface area contributed by atoms with Gasteiger partial charge in [0, 0.05) is 5.56 Å². The molecule has 4 nitrogen and oxygen atoms in total. The van der Waals surface area contributed by atoms with Crippen LogP contribution < -0.4 is 4.74 Å². The lowest BCUT2D eigenvalue weighted by Gasteiger charge is -2.12. The lowest BCUT2D eigenvalue weighted by molar-refractivity contribution is 0.0596. The third kappa shape index (κ3) is 2.47. The summed E-state index contributed by atoms with van der Waals surface area (Å²) in [6, 6.07) is 4.99.